The molecule has 1 aromatic carbocycles. The third-order valence-corrected chi connectivity index (χ3v) is 2.48. The zero-order valence-electron chi connectivity index (χ0n) is 11.6. The molecular weight excluding hydrogens is 202 g/mol. The van der Waals surface area contributed by atoms with Gasteiger partial charge in [0.05, 0.1) is 16.7 Å². The maximum atomic E-state index is 7.50. The second-order valence-corrected chi connectivity index (χ2v) is 3.62. The van der Waals surface area contributed by atoms with Crippen LogP contribution in [0.2, 0.25) is 0 Å². The van der Waals surface area contributed by atoms with Crippen molar-refractivity contribution in [2.45, 2.75) is 6.92 Å². The molecule has 2 N–H and O–H groups in total. The Bertz CT molecular complexity index is 790. The van der Waals surface area contributed by atoms with E-state index in [9.17, 15) is 0 Å². The van der Waals surface area contributed by atoms with Crippen LogP contribution in [-0.2, 0) is 6.98 Å². The maximum absolute atomic E-state index is 7.50. The number of hydrogen-bond acceptors (Lipinski definition) is 4. The highest BCUT2D eigenvalue weighted by molar-refractivity contribution is 6.00. The monoisotopic (exact) mass is 216 g/mol. The quantitative estimate of drug-likeness (QED) is 0.616. The van der Waals surface area contributed by atoms with Crippen molar-refractivity contribution in [1.82, 2.24) is 19.5 Å². The minimum absolute atomic E-state index is 0.0502. The van der Waals surface area contributed by atoms with Crippen LogP contribution in [-0.4, -0.2) is 19.5 Å². The first-order chi connectivity index (χ1) is 8.88. The normalized spacial score (nSPS) is 14.9. The largest absolute Gasteiger partial charge is 0.369 e. The molecule has 5 heteroatoms. The number of hydrogen-bond donors (Lipinski definition) is 1. The van der Waals surface area contributed by atoms with Gasteiger partial charge in [-0.1, -0.05) is 0 Å². The summed E-state index contributed by atoms with van der Waals surface area (Å²) in [5, 5.41) is 0. The van der Waals surface area contributed by atoms with Crippen molar-refractivity contribution in [3.05, 3.63) is 24.0 Å². The minimum atomic E-state index is -2.37. The fourth-order valence-electron chi connectivity index (χ4n) is 1.72. The van der Waals surface area contributed by atoms with E-state index in [4.69, 9.17) is 9.85 Å². The molecule has 16 heavy (non-hydrogen) atoms. The highest BCUT2D eigenvalue weighted by Gasteiger charge is 2.09. The van der Waals surface area contributed by atoms with Crippen molar-refractivity contribution in [2.75, 3.05) is 5.73 Å². The van der Waals surface area contributed by atoms with E-state index in [2.05, 4.69) is 15.0 Å². The second kappa shape index (κ2) is 2.91. The van der Waals surface area contributed by atoms with Crippen molar-refractivity contribution in [3.63, 3.8) is 0 Å². The standard InChI is InChI=1S/C11H11N5/c1-6-5-13-7-3-4-8-10(9(7)14-6)15-11(12)16(8)2/h3-5H,1-2H3,(H2,12,15)/i2D3. The molecule has 0 unspecified atom stereocenters. The fraction of sp³-hybridized carbons (Fsp3) is 0.182. The highest BCUT2D eigenvalue weighted by Crippen LogP contribution is 2.23. The van der Waals surface area contributed by atoms with E-state index in [-0.39, 0.29) is 5.95 Å². The van der Waals surface area contributed by atoms with E-state index in [1.807, 2.05) is 6.92 Å². The zero-order chi connectivity index (χ0) is 13.8. The number of nitrogens with zero attached hydrogens (tertiary/aromatic N) is 4. The van der Waals surface area contributed by atoms with Gasteiger partial charge in [0.25, 0.3) is 0 Å². The molecule has 3 rings (SSSR count). The molecule has 0 fully saturated rings. The number of fused-ring (bicyclic) bond motifs is 3. The molecule has 2 aromatic heterocycles. The number of benzene rings is 1. The molecule has 0 radical (unpaired) electrons. The summed E-state index contributed by atoms with van der Waals surface area (Å²) >= 11 is 0. The lowest BCUT2D eigenvalue weighted by molar-refractivity contribution is 0.965. The Hall–Kier alpha value is -2.17. The van der Waals surface area contributed by atoms with Crippen LogP contribution < -0.4 is 5.73 Å². The lowest BCUT2D eigenvalue weighted by atomic mass is 10.2. The van der Waals surface area contributed by atoms with Crippen molar-refractivity contribution in [1.29, 1.82) is 0 Å². The van der Waals surface area contributed by atoms with Crippen LogP contribution in [0.5, 0.6) is 0 Å². The molecule has 0 aliphatic rings. The molecule has 2 heterocycles. The van der Waals surface area contributed by atoms with Crippen molar-refractivity contribution in [3.8, 4) is 0 Å². The van der Waals surface area contributed by atoms with E-state index >= 15 is 0 Å². The van der Waals surface area contributed by atoms with Gasteiger partial charge in [0, 0.05) is 17.3 Å². The van der Waals surface area contributed by atoms with Crippen LogP contribution in [0.1, 0.15) is 9.81 Å². The topological polar surface area (TPSA) is 69.6 Å². The molecule has 80 valence electrons. The molecule has 0 saturated heterocycles. The molecule has 0 saturated carbocycles. The Morgan fingerprint density at radius 1 is 1.31 bits per heavy atom. The van der Waals surface area contributed by atoms with Gasteiger partial charge in [-0.25, -0.2) is 9.97 Å². The van der Waals surface area contributed by atoms with E-state index < -0.39 is 6.98 Å². The molecule has 0 aliphatic heterocycles. The average molecular weight is 216 g/mol. The number of nitrogen functional groups attached to an aromatic ring is 1. The molecule has 0 spiro atoms. The van der Waals surface area contributed by atoms with Crippen LogP contribution in [0.3, 0.4) is 0 Å². The van der Waals surface area contributed by atoms with E-state index in [1.54, 1.807) is 18.3 Å². The van der Waals surface area contributed by atoms with E-state index in [0.717, 1.165) is 10.3 Å². The summed E-state index contributed by atoms with van der Waals surface area (Å²) in [6, 6.07) is 3.37. The van der Waals surface area contributed by atoms with Gasteiger partial charge in [-0.3, -0.25) is 4.98 Å². The van der Waals surface area contributed by atoms with Crippen molar-refractivity contribution in [2.24, 2.45) is 6.98 Å². The summed E-state index contributed by atoms with van der Waals surface area (Å²) in [7, 11) is 0. The summed E-state index contributed by atoms with van der Waals surface area (Å²) in [6.45, 7) is -0.556. The van der Waals surface area contributed by atoms with Crippen LogP contribution in [0, 0.1) is 6.92 Å². The van der Waals surface area contributed by atoms with Crippen molar-refractivity contribution < 1.29 is 4.11 Å². The fourth-order valence-corrected chi connectivity index (χ4v) is 1.72. The van der Waals surface area contributed by atoms with Gasteiger partial charge >= 0.3 is 0 Å². The van der Waals surface area contributed by atoms with Crippen molar-refractivity contribution >= 4 is 28.0 Å². The summed E-state index contributed by atoms with van der Waals surface area (Å²) in [4.78, 5) is 12.7. The number of rotatable bonds is 0. The first-order valence-electron chi connectivity index (χ1n) is 6.29. The van der Waals surface area contributed by atoms with E-state index in [1.165, 1.54) is 0 Å². The van der Waals surface area contributed by atoms with Gasteiger partial charge < -0.3 is 10.3 Å². The molecule has 0 atom stereocenters. The number of anilines is 1. The minimum Gasteiger partial charge on any atom is -0.369 e. The first kappa shape index (κ1) is 6.42. The van der Waals surface area contributed by atoms with Gasteiger partial charge in [-0.15, -0.1) is 0 Å². The SMILES string of the molecule is [2H]C([2H])([2H])n1c(N)nc2c3nc(C)cnc3ccc21. The van der Waals surface area contributed by atoms with Gasteiger partial charge in [-0.05, 0) is 19.1 Å². The Labute approximate surface area is 96.2 Å². The maximum Gasteiger partial charge on any atom is 0.201 e. The summed E-state index contributed by atoms with van der Waals surface area (Å²) in [5.74, 6) is -0.0502. The smallest absolute Gasteiger partial charge is 0.201 e. The number of aryl methyl sites for hydroxylation is 2. The Morgan fingerprint density at radius 3 is 3.00 bits per heavy atom. The number of aromatic nitrogens is 4. The first-order valence-corrected chi connectivity index (χ1v) is 4.79. The van der Waals surface area contributed by atoms with Gasteiger partial charge in [-0.2, -0.15) is 0 Å². The summed E-state index contributed by atoms with van der Waals surface area (Å²) in [6.07, 6.45) is 1.65. The third-order valence-electron chi connectivity index (χ3n) is 2.48. The molecule has 0 bridgehead atoms. The molecule has 5 nitrogen and oxygen atoms in total. The number of imidazole rings is 1. The van der Waals surface area contributed by atoms with Gasteiger partial charge in [0.15, 0.2) is 0 Å². The summed E-state index contributed by atoms with van der Waals surface area (Å²) in [5.41, 5.74) is 8.57. The lowest BCUT2D eigenvalue weighted by Gasteiger charge is -1.99. The van der Waals surface area contributed by atoms with Gasteiger partial charge in [0.1, 0.15) is 11.0 Å². The average Bonchev–Trinajstić information content (AvgIpc) is 2.65. The summed E-state index contributed by atoms with van der Waals surface area (Å²) < 4.78 is 23.5. The van der Waals surface area contributed by atoms with Crippen LogP contribution in [0.25, 0.3) is 22.1 Å². The Morgan fingerprint density at radius 2 is 2.19 bits per heavy atom. The molecule has 0 aliphatic carbocycles. The predicted octanol–water partition coefficient (Wildman–Crippen LogP) is 1.41. The van der Waals surface area contributed by atoms with Crippen LogP contribution >= 0.6 is 0 Å². The van der Waals surface area contributed by atoms with Gasteiger partial charge in [0.2, 0.25) is 5.95 Å². The molecule has 0 amide bonds. The third kappa shape index (κ3) is 1.08. The zero-order valence-corrected chi connectivity index (χ0v) is 8.60. The lowest BCUT2D eigenvalue weighted by Crippen LogP contribution is -1.95. The van der Waals surface area contributed by atoms with Crippen LogP contribution in [0.4, 0.5) is 5.95 Å². The molecular formula is C11H11N5. The molecule has 3 aromatic rings. The highest BCUT2D eigenvalue weighted by atomic mass is 15.1. The Balaban J connectivity index is 2.48. The van der Waals surface area contributed by atoms with E-state index in [0.29, 0.717) is 22.1 Å². The predicted molar refractivity (Wildman–Crippen MR) is 63.0 cm³/mol. The second-order valence-electron chi connectivity index (χ2n) is 3.62. The Kier molecular flexibility index (Phi) is 1.17. The van der Waals surface area contributed by atoms with Crippen LogP contribution in [0.15, 0.2) is 18.3 Å². The number of nitrogens with two attached hydrogens (primary N) is 1.